The van der Waals surface area contributed by atoms with E-state index in [0.29, 0.717) is 4.58 Å². The molecule has 0 saturated heterocycles. The van der Waals surface area contributed by atoms with E-state index in [1.165, 1.54) is 186 Å². The summed E-state index contributed by atoms with van der Waals surface area (Å²) in [6.45, 7) is 2.34. The minimum atomic E-state index is 0.610. The first-order valence-corrected chi connectivity index (χ1v) is 23.7. The van der Waals surface area contributed by atoms with Crippen molar-refractivity contribution in [3.05, 3.63) is 58.7 Å². The second kappa shape index (κ2) is 21.0. The summed E-state index contributed by atoms with van der Waals surface area (Å²) in [7, 11) is 0. The number of benzene rings is 2. The molecule has 6 rings (SSSR count). The quantitative estimate of drug-likeness (QED) is 0.0915. The van der Waals surface area contributed by atoms with Gasteiger partial charge in [0.25, 0.3) is 0 Å². The summed E-state index contributed by atoms with van der Waals surface area (Å²) in [5.41, 5.74) is 7.01. The Labute approximate surface area is 311 Å². The van der Waals surface area contributed by atoms with E-state index in [1.807, 2.05) is 0 Å². The lowest BCUT2D eigenvalue weighted by atomic mass is 9.80. The van der Waals surface area contributed by atoms with Crippen molar-refractivity contribution in [2.24, 2.45) is 0 Å². The van der Waals surface area contributed by atoms with Crippen molar-refractivity contribution in [2.45, 2.75) is 231 Å². The summed E-state index contributed by atoms with van der Waals surface area (Å²) in [5, 5.41) is 0. The molecular weight excluding hydrogens is 629 g/mol. The van der Waals surface area contributed by atoms with Gasteiger partial charge < -0.3 is 0 Å². The van der Waals surface area contributed by atoms with Crippen LogP contribution in [0.5, 0.6) is 0 Å². The molecule has 0 atom stereocenters. The number of hydrogen-bond donors (Lipinski definition) is 0. The molecule has 0 amide bonds. The second-order valence-electron chi connectivity index (χ2n) is 16.8. The van der Waals surface area contributed by atoms with Crippen LogP contribution in [0.15, 0.2) is 46.2 Å². The first kappa shape index (κ1) is 37.9. The molecule has 2 heteroatoms. The Hall–Kier alpha value is -0.860. The Morgan fingerprint density at radius 3 is 1.06 bits per heavy atom. The monoisotopic (exact) mass is 701 g/mol. The van der Waals surface area contributed by atoms with Crippen LogP contribution in [-0.4, -0.2) is 4.58 Å². The molecule has 2 aromatic rings. The van der Waals surface area contributed by atoms with Gasteiger partial charge in [0.15, 0.2) is 0 Å². The van der Waals surface area contributed by atoms with Crippen molar-refractivity contribution in [3.63, 3.8) is 0 Å². The van der Waals surface area contributed by atoms with E-state index in [2.05, 4.69) is 66.8 Å². The van der Waals surface area contributed by atoms with Crippen molar-refractivity contribution < 1.29 is 0 Å². The lowest BCUT2D eigenvalue weighted by Crippen LogP contribution is -2.13. The molecule has 4 aliphatic carbocycles. The fourth-order valence-corrected chi connectivity index (χ4v) is 13.6. The fourth-order valence-electron chi connectivity index (χ4n) is 10.2. The maximum atomic E-state index is 2.59. The SMILES string of the molecule is CCCCCCCCCCC(Sc1c(C2CCCCC2)cccc1C1CCCCC1)Sc1c(C2CCCCC2)cccc1C1CCCCC1. The van der Waals surface area contributed by atoms with Gasteiger partial charge in [0, 0.05) is 9.79 Å². The zero-order valence-corrected chi connectivity index (χ0v) is 33.3. The van der Waals surface area contributed by atoms with E-state index in [1.54, 1.807) is 32.0 Å². The van der Waals surface area contributed by atoms with Crippen LogP contribution in [0.3, 0.4) is 0 Å². The molecule has 0 nitrogen and oxygen atoms in total. The predicted molar refractivity (Wildman–Crippen MR) is 219 cm³/mol. The molecule has 2 aromatic carbocycles. The number of thioether (sulfide) groups is 2. The van der Waals surface area contributed by atoms with Crippen LogP contribution < -0.4 is 0 Å². The third-order valence-electron chi connectivity index (χ3n) is 13.1. The molecule has 0 spiro atoms. The van der Waals surface area contributed by atoms with Gasteiger partial charge in [-0.05, 0) is 104 Å². The number of unbranched alkanes of at least 4 members (excludes halogenated alkanes) is 7. The molecule has 49 heavy (non-hydrogen) atoms. The molecule has 0 bridgehead atoms. The maximum absolute atomic E-state index is 2.59. The highest BCUT2D eigenvalue weighted by Crippen LogP contribution is 2.52. The van der Waals surface area contributed by atoms with Crippen LogP contribution in [0, 0.1) is 0 Å². The molecule has 0 aliphatic heterocycles. The average molecular weight is 701 g/mol. The molecule has 0 N–H and O–H groups in total. The van der Waals surface area contributed by atoms with Crippen LogP contribution in [0.1, 0.15) is 239 Å². The summed E-state index contributed by atoms with van der Waals surface area (Å²) in [5.74, 6) is 3.11. The zero-order chi connectivity index (χ0) is 33.5. The Morgan fingerprint density at radius 1 is 0.429 bits per heavy atom. The van der Waals surface area contributed by atoms with Gasteiger partial charge in [-0.15, -0.1) is 23.5 Å². The van der Waals surface area contributed by atoms with Crippen molar-refractivity contribution in [3.8, 4) is 0 Å². The van der Waals surface area contributed by atoms with Crippen molar-refractivity contribution in [2.75, 3.05) is 0 Å². The van der Waals surface area contributed by atoms with Crippen LogP contribution in [-0.2, 0) is 0 Å². The minimum absolute atomic E-state index is 0.610. The summed E-state index contributed by atoms with van der Waals surface area (Å²) in [6, 6.07) is 15.3. The molecular formula is C47H72S2. The largest absolute Gasteiger partial charge is 0.111 e. The van der Waals surface area contributed by atoms with E-state index in [9.17, 15) is 0 Å². The van der Waals surface area contributed by atoms with Crippen LogP contribution in [0.2, 0.25) is 0 Å². The molecule has 0 unspecified atom stereocenters. The summed E-state index contributed by atoms with van der Waals surface area (Å²) >= 11 is 4.75. The first-order chi connectivity index (χ1) is 24.3. The first-order valence-electron chi connectivity index (χ1n) is 21.9. The number of hydrogen-bond acceptors (Lipinski definition) is 2. The van der Waals surface area contributed by atoms with E-state index in [-0.39, 0.29) is 0 Å². The average Bonchev–Trinajstić information content (AvgIpc) is 3.17. The smallest absolute Gasteiger partial charge is 0.0597 e. The van der Waals surface area contributed by atoms with Gasteiger partial charge in [-0.25, -0.2) is 0 Å². The van der Waals surface area contributed by atoms with Crippen LogP contribution in [0.4, 0.5) is 0 Å². The molecule has 272 valence electrons. The van der Waals surface area contributed by atoms with Gasteiger partial charge in [-0.2, -0.15) is 0 Å². The highest BCUT2D eigenvalue weighted by Gasteiger charge is 2.30. The fraction of sp³-hybridized carbons (Fsp3) is 0.745. The Kier molecular flexibility index (Phi) is 16.2. The number of rotatable bonds is 17. The zero-order valence-electron chi connectivity index (χ0n) is 31.7. The lowest BCUT2D eigenvalue weighted by Gasteiger charge is -2.32. The van der Waals surface area contributed by atoms with Crippen molar-refractivity contribution in [1.29, 1.82) is 0 Å². The molecule has 4 saturated carbocycles. The normalized spacial score (nSPS) is 20.7. The highest BCUT2D eigenvalue weighted by atomic mass is 32.2. The third kappa shape index (κ3) is 11.1. The lowest BCUT2D eigenvalue weighted by molar-refractivity contribution is 0.427. The van der Waals surface area contributed by atoms with Crippen LogP contribution in [0.25, 0.3) is 0 Å². The molecule has 4 aliphatic rings. The molecule has 0 heterocycles. The summed E-state index contributed by atoms with van der Waals surface area (Å²) in [4.78, 5) is 3.51. The molecule has 4 fully saturated rings. The summed E-state index contributed by atoms with van der Waals surface area (Å²) < 4.78 is 0.610. The highest BCUT2D eigenvalue weighted by molar-refractivity contribution is 8.17. The van der Waals surface area contributed by atoms with Gasteiger partial charge in [0.2, 0.25) is 0 Å². The topological polar surface area (TPSA) is 0 Å². The van der Waals surface area contributed by atoms with Gasteiger partial charge in [-0.1, -0.05) is 172 Å². The Bertz CT molecular complexity index is 1050. The minimum Gasteiger partial charge on any atom is -0.111 e. The molecule has 0 aromatic heterocycles. The van der Waals surface area contributed by atoms with E-state index >= 15 is 0 Å². The van der Waals surface area contributed by atoms with Crippen LogP contribution >= 0.6 is 23.5 Å². The standard InChI is InChI=1S/C47H72S2/c1-2-3-4-5-6-7-8-21-36-45(48-46-41(37-24-13-9-14-25-37)32-22-33-42(46)38-26-15-10-16-27-38)49-47-43(39-28-17-11-18-29-39)34-23-35-44(47)40-30-19-12-20-31-40/h22-23,32-35,37-40,45H,2-21,24-31,36H2,1H3. The van der Waals surface area contributed by atoms with Crippen molar-refractivity contribution >= 4 is 23.5 Å². The van der Waals surface area contributed by atoms with Gasteiger partial charge in [-0.3, -0.25) is 0 Å². The molecule has 0 radical (unpaired) electrons. The van der Waals surface area contributed by atoms with Gasteiger partial charge in [0.05, 0.1) is 4.58 Å². The summed E-state index contributed by atoms with van der Waals surface area (Å²) in [6.07, 6.45) is 41.2. The van der Waals surface area contributed by atoms with Crippen molar-refractivity contribution in [1.82, 2.24) is 0 Å². The van der Waals surface area contributed by atoms with Gasteiger partial charge >= 0.3 is 0 Å². The van der Waals surface area contributed by atoms with E-state index < -0.39 is 0 Å². The van der Waals surface area contributed by atoms with E-state index in [4.69, 9.17) is 0 Å². The van der Waals surface area contributed by atoms with E-state index in [0.717, 1.165) is 23.7 Å². The second-order valence-corrected chi connectivity index (χ2v) is 19.5. The predicted octanol–water partition coefficient (Wildman–Crippen LogP) is 16.6. The maximum Gasteiger partial charge on any atom is 0.0597 e. The Morgan fingerprint density at radius 2 is 0.735 bits per heavy atom. The Balaban J connectivity index is 1.31. The van der Waals surface area contributed by atoms with Gasteiger partial charge in [0.1, 0.15) is 0 Å². The third-order valence-corrected chi connectivity index (χ3v) is 16.1.